The summed E-state index contributed by atoms with van der Waals surface area (Å²) in [6, 6.07) is 0. The van der Waals surface area contributed by atoms with Crippen molar-refractivity contribution in [2.45, 2.75) is 57.5 Å². The highest BCUT2D eigenvalue weighted by molar-refractivity contribution is 6.57. The van der Waals surface area contributed by atoms with E-state index in [9.17, 15) is 0 Å². The Morgan fingerprint density at radius 3 is 1.94 bits per heavy atom. The molecular formula is C13H27NO3Si. The van der Waals surface area contributed by atoms with Crippen molar-refractivity contribution in [1.29, 1.82) is 0 Å². The lowest BCUT2D eigenvalue weighted by Crippen LogP contribution is -2.62. The summed E-state index contributed by atoms with van der Waals surface area (Å²) in [4.78, 5) is 0. The number of nitrogens with zero attached hydrogens (tertiary/aromatic N) is 1. The standard InChI is InChI=1S/C13H27NO3Si/c1-15-18(16-2,14-11-7-4-8-12-14)17-13-9-5-3-6-10-13/h13H,3-12H2,1-2H3. The third-order valence-electron chi connectivity index (χ3n) is 4.13. The predicted octanol–water partition coefficient (Wildman–Crippen LogP) is 2.55. The molecule has 2 rings (SSSR count). The molecule has 1 saturated heterocycles. The van der Waals surface area contributed by atoms with E-state index in [1.54, 1.807) is 14.2 Å². The van der Waals surface area contributed by atoms with Gasteiger partial charge in [-0.3, -0.25) is 4.57 Å². The van der Waals surface area contributed by atoms with Gasteiger partial charge in [-0.1, -0.05) is 25.7 Å². The number of hydrogen-bond donors (Lipinski definition) is 0. The molecule has 18 heavy (non-hydrogen) atoms. The Hall–Kier alpha value is 0.0569. The van der Waals surface area contributed by atoms with Crippen LogP contribution in [0.5, 0.6) is 0 Å². The van der Waals surface area contributed by atoms with E-state index in [4.69, 9.17) is 13.3 Å². The van der Waals surface area contributed by atoms with E-state index >= 15 is 0 Å². The topological polar surface area (TPSA) is 30.9 Å². The molecule has 4 nitrogen and oxygen atoms in total. The summed E-state index contributed by atoms with van der Waals surface area (Å²) in [6.45, 7) is 2.11. The minimum absolute atomic E-state index is 0.340. The van der Waals surface area contributed by atoms with Gasteiger partial charge < -0.3 is 13.3 Å². The molecule has 1 saturated carbocycles. The van der Waals surface area contributed by atoms with Crippen molar-refractivity contribution < 1.29 is 13.3 Å². The number of rotatable bonds is 5. The third kappa shape index (κ3) is 3.33. The largest absolute Gasteiger partial charge is 0.599 e. The van der Waals surface area contributed by atoms with E-state index in [0.717, 1.165) is 25.9 Å². The van der Waals surface area contributed by atoms with E-state index in [0.29, 0.717) is 6.10 Å². The Labute approximate surface area is 112 Å². The van der Waals surface area contributed by atoms with Crippen molar-refractivity contribution in [3.05, 3.63) is 0 Å². The van der Waals surface area contributed by atoms with Crippen LogP contribution in [-0.2, 0) is 13.3 Å². The van der Waals surface area contributed by atoms with Crippen LogP contribution in [0.15, 0.2) is 0 Å². The zero-order chi connectivity index (χ0) is 12.8. The maximum atomic E-state index is 6.34. The van der Waals surface area contributed by atoms with Gasteiger partial charge in [-0.25, -0.2) is 0 Å². The highest BCUT2D eigenvalue weighted by Gasteiger charge is 2.49. The van der Waals surface area contributed by atoms with Gasteiger partial charge in [0.05, 0.1) is 6.10 Å². The maximum Gasteiger partial charge on any atom is 0.599 e. The molecule has 2 aliphatic rings. The van der Waals surface area contributed by atoms with Crippen LogP contribution in [-0.4, -0.2) is 46.9 Å². The molecule has 1 aliphatic heterocycles. The van der Waals surface area contributed by atoms with Crippen molar-refractivity contribution in [3.8, 4) is 0 Å². The van der Waals surface area contributed by atoms with Gasteiger partial charge in [0.1, 0.15) is 0 Å². The quantitative estimate of drug-likeness (QED) is 0.720. The summed E-state index contributed by atoms with van der Waals surface area (Å²) in [5, 5.41) is 0. The van der Waals surface area contributed by atoms with Crippen LogP contribution in [0.3, 0.4) is 0 Å². The van der Waals surface area contributed by atoms with Crippen molar-refractivity contribution in [3.63, 3.8) is 0 Å². The Morgan fingerprint density at radius 1 is 0.833 bits per heavy atom. The summed E-state index contributed by atoms with van der Waals surface area (Å²) in [7, 11) is 0.890. The van der Waals surface area contributed by atoms with Crippen molar-refractivity contribution in [2.75, 3.05) is 27.3 Å². The average molecular weight is 273 g/mol. The zero-order valence-electron chi connectivity index (χ0n) is 11.8. The first-order valence-corrected chi connectivity index (χ1v) is 9.01. The van der Waals surface area contributed by atoms with Crippen LogP contribution in [0.4, 0.5) is 0 Å². The van der Waals surface area contributed by atoms with Gasteiger partial charge in [0, 0.05) is 14.2 Å². The van der Waals surface area contributed by atoms with Gasteiger partial charge in [0.25, 0.3) is 0 Å². The van der Waals surface area contributed by atoms with Gasteiger partial charge >= 0.3 is 8.97 Å². The van der Waals surface area contributed by atoms with Crippen LogP contribution in [0, 0.1) is 0 Å². The molecule has 0 aromatic heterocycles. The number of piperidine rings is 1. The predicted molar refractivity (Wildman–Crippen MR) is 73.2 cm³/mol. The minimum Gasteiger partial charge on any atom is -0.364 e. The molecule has 0 aromatic carbocycles. The molecule has 0 radical (unpaired) electrons. The minimum atomic E-state index is -2.60. The van der Waals surface area contributed by atoms with Gasteiger partial charge in [-0.15, -0.1) is 0 Å². The summed E-state index contributed by atoms with van der Waals surface area (Å²) in [5.41, 5.74) is 0. The molecule has 0 unspecified atom stereocenters. The van der Waals surface area contributed by atoms with Crippen LogP contribution in [0.25, 0.3) is 0 Å². The van der Waals surface area contributed by atoms with Crippen LogP contribution in [0.2, 0.25) is 0 Å². The molecule has 0 bridgehead atoms. The fourth-order valence-electron chi connectivity index (χ4n) is 3.07. The summed E-state index contributed by atoms with van der Waals surface area (Å²) in [5.74, 6) is 0. The fourth-order valence-corrected chi connectivity index (χ4v) is 5.62. The van der Waals surface area contributed by atoms with E-state index in [2.05, 4.69) is 4.57 Å². The van der Waals surface area contributed by atoms with E-state index < -0.39 is 8.97 Å². The van der Waals surface area contributed by atoms with Crippen molar-refractivity contribution in [2.24, 2.45) is 0 Å². The lowest BCUT2D eigenvalue weighted by Gasteiger charge is -2.41. The molecule has 0 N–H and O–H groups in total. The molecule has 106 valence electrons. The Morgan fingerprint density at radius 2 is 1.39 bits per heavy atom. The first-order chi connectivity index (χ1) is 8.80. The van der Waals surface area contributed by atoms with Gasteiger partial charge in [-0.2, -0.15) is 0 Å². The van der Waals surface area contributed by atoms with Crippen molar-refractivity contribution in [1.82, 2.24) is 4.57 Å². The molecule has 0 spiro atoms. The molecule has 2 fully saturated rings. The number of hydrogen-bond acceptors (Lipinski definition) is 4. The molecule has 0 amide bonds. The summed E-state index contributed by atoms with van der Waals surface area (Å²) in [6.07, 6.45) is 10.4. The van der Waals surface area contributed by atoms with E-state index in [1.165, 1.54) is 38.5 Å². The van der Waals surface area contributed by atoms with Crippen LogP contribution < -0.4 is 0 Å². The Bertz CT molecular complexity index is 236. The normalized spacial score (nSPS) is 24.3. The van der Waals surface area contributed by atoms with Gasteiger partial charge in [0.2, 0.25) is 0 Å². The molecule has 1 aliphatic carbocycles. The third-order valence-corrected chi connectivity index (χ3v) is 7.01. The molecule has 5 heteroatoms. The lowest BCUT2D eigenvalue weighted by molar-refractivity contribution is -0.00879. The van der Waals surface area contributed by atoms with E-state index in [1.807, 2.05) is 0 Å². The first-order valence-electron chi connectivity index (χ1n) is 7.34. The van der Waals surface area contributed by atoms with Gasteiger partial charge in [0.15, 0.2) is 0 Å². The molecular weight excluding hydrogens is 246 g/mol. The lowest BCUT2D eigenvalue weighted by atomic mass is 9.98. The van der Waals surface area contributed by atoms with Gasteiger partial charge in [-0.05, 0) is 38.8 Å². The summed E-state index contributed by atoms with van der Waals surface area (Å²) < 4.78 is 20.2. The zero-order valence-corrected chi connectivity index (χ0v) is 12.8. The first kappa shape index (κ1) is 14.5. The van der Waals surface area contributed by atoms with Crippen molar-refractivity contribution >= 4 is 8.97 Å². The molecule has 0 atom stereocenters. The molecule has 0 aromatic rings. The monoisotopic (exact) mass is 273 g/mol. The highest BCUT2D eigenvalue weighted by Crippen LogP contribution is 2.27. The van der Waals surface area contributed by atoms with E-state index in [-0.39, 0.29) is 0 Å². The second kappa shape index (κ2) is 7.00. The fraction of sp³-hybridized carbons (Fsp3) is 1.00. The second-order valence-electron chi connectivity index (χ2n) is 5.36. The smallest absolute Gasteiger partial charge is 0.364 e. The highest BCUT2D eigenvalue weighted by atomic mass is 28.4. The SMILES string of the molecule is CO[Si](OC)(OC1CCCCC1)N1CCCCC1. The second-order valence-corrected chi connectivity index (χ2v) is 8.09. The van der Waals surface area contributed by atoms with Crippen LogP contribution >= 0.6 is 0 Å². The maximum absolute atomic E-state index is 6.34. The molecule has 1 heterocycles. The Balaban J connectivity index is 1.99. The summed E-state index contributed by atoms with van der Waals surface area (Å²) >= 11 is 0. The average Bonchev–Trinajstić information content (AvgIpc) is 2.47. The van der Waals surface area contributed by atoms with Crippen LogP contribution in [0.1, 0.15) is 51.4 Å². The Kier molecular flexibility index (Phi) is 5.63.